The van der Waals surface area contributed by atoms with Crippen LogP contribution in [-0.4, -0.2) is 20.7 Å². The highest BCUT2D eigenvalue weighted by Crippen LogP contribution is 2.18. The highest BCUT2D eigenvalue weighted by Gasteiger charge is 2.10. The topological polar surface area (TPSA) is 85.3 Å². The van der Waals surface area contributed by atoms with E-state index in [-0.39, 0.29) is 5.69 Å². The molecule has 0 aliphatic heterocycles. The van der Waals surface area contributed by atoms with E-state index in [4.69, 9.17) is 0 Å². The quantitative estimate of drug-likeness (QED) is 0.455. The first-order valence-electron chi connectivity index (χ1n) is 6.61. The van der Waals surface area contributed by atoms with Crippen molar-refractivity contribution in [1.82, 2.24) is 9.55 Å². The number of para-hydroxylation sites is 3. The number of hydrogen-bond donors (Lipinski definition) is 1. The molecule has 7 heteroatoms. The average Bonchev–Trinajstić information content (AvgIpc) is 2.85. The van der Waals surface area contributed by atoms with Crippen LogP contribution >= 0.6 is 0 Å². The van der Waals surface area contributed by atoms with Gasteiger partial charge in [0.25, 0.3) is 5.69 Å². The number of imidazole rings is 1. The molecule has 3 rings (SSSR count). The molecule has 0 aliphatic rings. The summed E-state index contributed by atoms with van der Waals surface area (Å²) in [6.07, 6.45) is 1.41. The zero-order valence-corrected chi connectivity index (χ0v) is 11.8. The third-order valence-electron chi connectivity index (χ3n) is 3.29. The van der Waals surface area contributed by atoms with Gasteiger partial charge in [0.1, 0.15) is 0 Å². The van der Waals surface area contributed by atoms with Gasteiger partial charge in [-0.3, -0.25) is 10.1 Å². The number of aryl methyl sites for hydroxylation is 1. The first-order chi connectivity index (χ1) is 10.7. The van der Waals surface area contributed by atoms with Crippen LogP contribution in [0.25, 0.3) is 11.0 Å². The SMILES string of the molecule is Cn1c(N/N=C\c2ccccc2[N+](=O)[O-])nc2ccccc21. The van der Waals surface area contributed by atoms with Crippen molar-refractivity contribution in [3.8, 4) is 0 Å². The number of benzene rings is 2. The van der Waals surface area contributed by atoms with Crippen LogP contribution in [0.5, 0.6) is 0 Å². The molecule has 0 amide bonds. The lowest BCUT2D eigenvalue weighted by Crippen LogP contribution is -2.00. The smallest absolute Gasteiger partial charge is 0.278 e. The third kappa shape index (κ3) is 2.51. The Hall–Kier alpha value is -3.22. The Bertz CT molecular complexity index is 869. The van der Waals surface area contributed by atoms with Gasteiger partial charge in [0, 0.05) is 13.1 Å². The minimum atomic E-state index is -0.434. The van der Waals surface area contributed by atoms with Gasteiger partial charge in [-0.05, 0) is 18.2 Å². The molecule has 0 aliphatic carbocycles. The molecule has 0 saturated heterocycles. The first kappa shape index (κ1) is 13.7. The maximum atomic E-state index is 10.9. The first-order valence-corrected chi connectivity index (χ1v) is 6.61. The van der Waals surface area contributed by atoms with Crippen LogP contribution in [0.1, 0.15) is 5.56 Å². The maximum absolute atomic E-state index is 10.9. The van der Waals surface area contributed by atoms with E-state index in [1.54, 1.807) is 18.2 Å². The Kier molecular flexibility index (Phi) is 3.53. The van der Waals surface area contributed by atoms with Crippen molar-refractivity contribution in [2.45, 2.75) is 0 Å². The predicted octanol–water partition coefficient (Wildman–Crippen LogP) is 2.93. The van der Waals surface area contributed by atoms with Crippen molar-refractivity contribution in [3.63, 3.8) is 0 Å². The predicted molar refractivity (Wildman–Crippen MR) is 85.0 cm³/mol. The molecule has 0 radical (unpaired) electrons. The number of fused-ring (bicyclic) bond motifs is 1. The number of hydrogen-bond acceptors (Lipinski definition) is 5. The third-order valence-corrected chi connectivity index (χ3v) is 3.29. The van der Waals surface area contributed by atoms with Crippen molar-refractivity contribution < 1.29 is 4.92 Å². The second kappa shape index (κ2) is 5.65. The number of anilines is 1. The summed E-state index contributed by atoms with van der Waals surface area (Å²) in [6.45, 7) is 0. The van der Waals surface area contributed by atoms with Crippen LogP contribution in [0, 0.1) is 10.1 Å². The molecule has 110 valence electrons. The molecule has 7 nitrogen and oxygen atoms in total. The van der Waals surface area contributed by atoms with Gasteiger partial charge < -0.3 is 4.57 Å². The molecular formula is C15H13N5O2. The van der Waals surface area contributed by atoms with Gasteiger partial charge in [-0.15, -0.1) is 0 Å². The number of nitro groups is 1. The van der Waals surface area contributed by atoms with Crippen LogP contribution in [0.2, 0.25) is 0 Å². The van der Waals surface area contributed by atoms with Crippen molar-refractivity contribution in [1.29, 1.82) is 0 Å². The van der Waals surface area contributed by atoms with E-state index in [1.165, 1.54) is 12.3 Å². The standard InChI is InChI=1S/C15H13N5O2/c1-19-14-9-5-3-7-12(14)17-15(19)18-16-10-11-6-2-4-8-13(11)20(21)22/h2-10H,1H3,(H,17,18)/b16-10-. The van der Waals surface area contributed by atoms with Gasteiger partial charge >= 0.3 is 0 Å². The summed E-state index contributed by atoms with van der Waals surface area (Å²) >= 11 is 0. The lowest BCUT2D eigenvalue weighted by Gasteiger charge is -2.00. The van der Waals surface area contributed by atoms with E-state index in [2.05, 4.69) is 15.5 Å². The van der Waals surface area contributed by atoms with E-state index >= 15 is 0 Å². The summed E-state index contributed by atoms with van der Waals surface area (Å²) in [6, 6.07) is 14.1. The lowest BCUT2D eigenvalue weighted by atomic mass is 10.2. The van der Waals surface area contributed by atoms with Crippen LogP contribution in [0.3, 0.4) is 0 Å². The van der Waals surface area contributed by atoms with Gasteiger partial charge in [-0.2, -0.15) is 5.10 Å². The van der Waals surface area contributed by atoms with Crippen LogP contribution < -0.4 is 5.43 Å². The molecule has 3 aromatic rings. The van der Waals surface area contributed by atoms with Gasteiger partial charge in [0.15, 0.2) is 0 Å². The molecule has 0 atom stereocenters. The van der Waals surface area contributed by atoms with E-state index in [0.29, 0.717) is 11.5 Å². The van der Waals surface area contributed by atoms with Crippen molar-refractivity contribution in [2.75, 3.05) is 5.43 Å². The monoisotopic (exact) mass is 295 g/mol. The normalized spacial score (nSPS) is 11.1. The fraction of sp³-hybridized carbons (Fsp3) is 0.0667. The van der Waals surface area contributed by atoms with Crippen LogP contribution in [0.4, 0.5) is 11.6 Å². The molecule has 1 aromatic heterocycles. The maximum Gasteiger partial charge on any atom is 0.278 e. The second-order valence-corrected chi connectivity index (χ2v) is 4.67. The van der Waals surface area contributed by atoms with Crippen molar-refractivity contribution >= 4 is 28.9 Å². The zero-order valence-electron chi connectivity index (χ0n) is 11.8. The molecule has 0 fully saturated rings. The molecular weight excluding hydrogens is 282 g/mol. The molecule has 0 saturated carbocycles. The number of nitrogens with one attached hydrogen (secondary N) is 1. The van der Waals surface area contributed by atoms with E-state index < -0.39 is 4.92 Å². The number of hydrazone groups is 1. The zero-order chi connectivity index (χ0) is 15.5. The highest BCUT2D eigenvalue weighted by molar-refractivity contribution is 5.85. The minimum Gasteiger partial charge on any atom is -0.312 e. The Balaban J connectivity index is 1.85. The molecule has 2 aromatic carbocycles. The molecule has 0 bridgehead atoms. The average molecular weight is 295 g/mol. The summed E-state index contributed by atoms with van der Waals surface area (Å²) in [4.78, 5) is 14.9. The van der Waals surface area contributed by atoms with E-state index in [0.717, 1.165) is 11.0 Å². The minimum absolute atomic E-state index is 0.0121. The lowest BCUT2D eigenvalue weighted by molar-refractivity contribution is -0.385. The molecule has 1 N–H and O–H groups in total. The Morgan fingerprint density at radius 2 is 1.95 bits per heavy atom. The Morgan fingerprint density at radius 3 is 2.73 bits per heavy atom. The number of rotatable bonds is 4. The fourth-order valence-electron chi connectivity index (χ4n) is 2.17. The van der Waals surface area contributed by atoms with Gasteiger partial charge in [-0.25, -0.2) is 10.4 Å². The summed E-state index contributed by atoms with van der Waals surface area (Å²) in [7, 11) is 1.87. The largest absolute Gasteiger partial charge is 0.312 e. The van der Waals surface area contributed by atoms with Gasteiger partial charge in [0.05, 0.1) is 27.7 Å². The number of nitro benzene ring substituents is 1. The molecule has 1 heterocycles. The van der Waals surface area contributed by atoms with Crippen LogP contribution in [-0.2, 0) is 7.05 Å². The van der Waals surface area contributed by atoms with Gasteiger partial charge in [0.2, 0.25) is 5.95 Å². The summed E-state index contributed by atoms with van der Waals surface area (Å²) in [5, 5.41) is 15.0. The Labute approximate surface area is 126 Å². The fourth-order valence-corrected chi connectivity index (χ4v) is 2.17. The summed E-state index contributed by atoms with van der Waals surface area (Å²) in [5.74, 6) is 0.566. The molecule has 0 spiro atoms. The summed E-state index contributed by atoms with van der Waals surface area (Å²) in [5.41, 5.74) is 5.09. The van der Waals surface area contributed by atoms with Crippen LogP contribution in [0.15, 0.2) is 53.6 Å². The highest BCUT2D eigenvalue weighted by atomic mass is 16.6. The second-order valence-electron chi connectivity index (χ2n) is 4.67. The molecule has 22 heavy (non-hydrogen) atoms. The van der Waals surface area contributed by atoms with E-state index in [1.807, 2.05) is 35.9 Å². The van der Waals surface area contributed by atoms with Crippen molar-refractivity contribution in [2.24, 2.45) is 12.1 Å². The van der Waals surface area contributed by atoms with Gasteiger partial charge in [-0.1, -0.05) is 24.3 Å². The summed E-state index contributed by atoms with van der Waals surface area (Å²) < 4.78 is 1.87. The number of nitrogens with zero attached hydrogens (tertiary/aromatic N) is 4. The number of aromatic nitrogens is 2. The Morgan fingerprint density at radius 1 is 1.23 bits per heavy atom. The van der Waals surface area contributed by atoms with Crippen molar-refractivity contribution in [3.05, 3.63) is 64.2 Å². The molecule has 0 unspecified atom stereocenters. The van der Waals surface area contributed by atoms with E-state index in [9.17, 15) is 10.1 Å².